The van der Waals surface area contributed by atoms with E-state index in [-0.39, 0.29) is 6.10 Å². The normalized spacial score (nSPS) is 34.9. The monoisotopic (exact) mass is 227 g/mol. The molecule has 94 valence electrons. The Morgan fingerprint density at radius 3 is 2.12 bits per heavy atom. The highest BCUT2D eigenvalue weighted by atomic mass is 16.5. The number of nitrogens with one attached hydrogen (secondary N) is 1. The molecular formula is C13H25NO2. The van der Waals surface area contributed by atoms with E-state index in [4.69, 9.17) is 4.74 Å². The highest BCUT2D eigenvalue weighted by molar-refractivity contribution is 4.86. The maximum absolute atomic E-state index is 9.55. The Balaban J connectivity index is 1.88. The van der Waals surface area contributed by atoms with Gasteiger partial charge in [-0.3, -0.25) is 0 Å². The third-order valence-corrected chi connectivity index (χ3v) is 4.36. The average molecular weight is 227 g/mol. The standard InChI is InChI=1S/C13H25NO2/c1-14-13(11-6-8-16-9-7-11)10-2-4-12(15)5-3-10/h10-15H,2-9H2,1H3. The molecule has 3 nitrogen and oxygen atoms in total. The topological polar surface area (TPSA) is 41.5 Å². The zero-order valence-corrected chi connectivity index (χ0v) is 10.3. The molecule has 0 amide bonds. The second kappa shape index (κ2) is 5.99. The van der Waals surface area contributed by atoms with Crippen molar-refractivity contribution in [1.29, 1.82) is 0 Å². The van der Waals surface area contributed by atoms with Gasteiger partial charge < -0.3 is 15.2 Å². The predicted molar refractivity (Wildman–Crippen MR) is 64.4 cm³/mol. The SMILES string of the molecule is CNC(C1CCOCC1)C1CCC(O)CC1. The summed E-state index contributed by atoms with van der Waals surface area (Å²) in [6.07, 6.45) is 6.71. The Morgan fingerprint density at radius 2 is 1.56 bits per heavy atom. The van der Waals surface area contributed by atoms with Crippen LogP contribution in [0.1, 0.15) is 38.5 Å². The average Bonchev–Trinajstić information content (AvgIpc) is 2.34. The molecule has 1 heterocycles. The van der Waals surface area contributed by atoms with Crippen molar-refractivity contribution in [1.82, 2.24) is 5.32 Å². The van der Waals surface area contributed by atoms with Crippen molar-refractivity contribution < 1.29 is 9.84 Å². The zero-order chi connectivity index (χ0) is 11.4. The molecule has 2 aliphatic rings. The molecule has 0 bridgehead atoms. The third-order valence-electron chi connectivity index (χ3n) is 4.36. The van der Waals surface area contributed by atoms with Crippen molar-refractivity contribution in [2.45, 2.75) is 50.7 Å². The van der Waals surface area contributed by atoms with Crippen molar-refractivity contribution in [2.24, 2.45) is 11.8 Å². The van der Waals surface area contributed by atoms with Crippen molar-refractivity contribution >= 4 is 0 Å². The molecule has 16 heavy (non-hydrogen) atoms. The Bertz CT molecular complexity index is 196. The molecule has 1 saturated heterocycles. The summed E-state index contributed by atoms with van der Waals surface area (Å²) in [5.74, 6) is 1.54. The Kier molecular flexibility index (Phi) is 4.62. The van der Waals surface area contributed by atoms with Gasteiger partial charge in [-0.15, -0.1) is 0 Å². The number of ether oxygens (including phenoxy) is 1. The van der Waals surface area contributed by atoms with Crippen molar-refractivity contribution in [3.8, 4) is 0 Å². The molecule has 1 aliphatic carbocycles. The van der Waals surface area contributed by atoms with Gasteiger partial charge in [0, 0.05) is 19.3 Å². The molecule has 1 saturated carbocycles. The first-order valence-corrected chi connectivity index (χ1v) is 6.74. The molecule has 2 rings (SSSR count). The smallest absolute Gasteiger partial charge is 0.0540 e. The second-order valence-corrected chi connectivity index (χ2v) is 5.33. The molecular weight excluding hydrogens is 202 g/mol. The molecule has 2 N–H and O–H groups in total. The van der Waals surface area contributed by atoms with Gasteiger partial charge in [0.1, 0.15) is 0 Å². The first-order valence-electron chi connectivity index (χ1n) is 6.74. The van der Waals surface area contributed by atoms with E-state index in [0.29, 0.717) is 6.04 Å². The van der Waals surface area contributed by atoms with Gasteiger partial charge in [-0.05, 0) is 57.4 Å². The van der Waals surface area contributed by atoms with Crippen LogP contribution in [0, 0.1) is 11.8 Å². The van der Waals surface area contributed by atoms with Gasteiger partial charge in [-0.25, -0.2) is 0 Å². The van der Waals surface area contributed by atoms with Crippen LogP contribution in [0.3, 0.4) is 0 Å². The molecule has 3 heteroatoms. The fourth-order valence-corrected chi connectivity index (χ4v) is 3.39. The summed E-state index contributed by atoms with van der Waals surface area (Å²) in [6, 6.07) is 0.636. The van der Waals surface area contributed by atoms with E-state index in [1.54, 1.807) is 0 Å². The van der Waals surface area contributed by atoms with Crippen LogP contribution >= 0.6 is 0 Å². The van der Waals surface area contributed by atoms with E-state index in [9.17, 15) is 5.11 Å². The number of hydrogen-bond acceptors (Lipinski definition) is 3. The summed E-state index contributed by atoms with van der Waals surface area (Å²) < 4.78 is 5.43. The molecule has 0 radical (unpaired) electrons. The van der Waals surface area contributed by atoms with Crippen LogP contribution < -0.4 is 5.32 Å². The lowest BCUT2D eigenvalue weighted by molar-refractivity contribution is 0.0324. The van der Waals surface area contributed by atoms with Crippen LogP contribution in [0.5, 0.6) is 0 Å². The first-order chi connectivity index (χ1) is 7.81. The quantitative estimate of drug-likeness (QED) is 0.768. The minimum Gasteiger partial charge on any atom is -0.393 e. The van der Waals surface area contributed by atoms with Gasteiger partial charge in [-0.1, -0.05) is 0 Å². The molecule has 0 aromatic heterocycles. The molecule has 0 aromatic rings. The molecule has 0 spiro atoms. The van der Waals surface area contributed by atoms with E-state index in [1.807, 2.05) is 0 Å². The molecule has 1 atom stereocenters. The summed E-state index contributed by atoms with van der Waals surface area (Å²) in [6.45, 7) is 1.86. The van der Waals surface area contributed by atoms with Crippen molar-refractivity contribution in [2.75, 3.05) is 20.3 Å². The Morgan fingerprint density at radius 1 is 1.00 bits per heavy atom. The Hall–Kier alpha value is -0.120. The summed E-state index contributed by atoms with van der Waals surface area (Å²) in [5, 5.41) is 13.1. The lowest BCUT2D eigenvalue weighted by atomic mass is 9.76. The zero-order valence-electron chi connectivity index (χ0n) is 10.3. The molecule has 2 fully saturated rings. The van der Waals surface area contributed by atoms with Crippen LogP contribution in [0.25, 0.3) is 0 Å². The van der Waals surface area contributed by atoms with Gasteiger partial charge in [0.25, 0.3) is 0 Å². The van der Waals surface area contributed by atoms with Crippen LogP contribution in [-0.2, 0) is 4.74 Å². The van der Waals surface area contributed by atoms with Crippen LogP contribution in [0.15, 0.2) is 0 Å². The van der Waals surface area contributed by atoms with Gasteiger partial charge in [0.2, 0.25) is 0 Å². The third kappa shape index (κ3) is 2.96. The molecule has 1 aliphatic heterocycles. The second-order valence-electron chi connectivity index (χ2n) is 5.33. The van der Waals surface area contributed by atoms with Crippen molar-refractivity contribution in [3.05, 3.63) is 0 Å². The van der Waals surface area contributed by atoms with Gasteiger partial charge >= 0.3 is 0 Å². The van der Waals surface area contributed by atoms with E-state index >= 15 is 0 Å². The Labute approximate surface area is 98.6 Å². The highest BCUT2D eigenvalue weighted by Crippen LogP contribution is 2.32. The molecule has 1 unspecified atom stereocenters. The van der Waals surface area contributed by atoms with E-state index in [0.717, 1.165) is 37.9 Å². The van der Waals surface area contributed by atoms with Gasteiger partial charge in [-0.2, -0.15) is 0 Å². The summed E-state index contributed by atoms with van der Waals surface area (Å²) in [5.41, 5.74) is 0. The maximum atomic E-state index is 9.55. The summed E-state index contributed by atoms with van der Waals surface area (Å²) in [4.78, 5) is 0. The van der Waals surface area contributed by atoms with E-state index in [1.165, 1.54) is 25.7 Å². The fourth-order valence-electron chi connectivity index (χ4n) is 3.39. The van der Waals surface area contributed by atoms with Crippen LogP contribution in [-0.4, -0.2) is 37.5 Å². The number of aliphatic hydroxyl groups is 1. The summed E-state index contributed by atoms with van der Waals surface area (Å²) >= 11 is 0. The van der Waals surface area contributed by atoms with Crippen molar-refractivity contribution in [3.63, 3.8) is 0 Å². The molecule has 0 aromatic carbocycles. The number of aliphatic hydroxyl groups excluding tert-OH is 1. The van der Waals surface area contributed by atoms with Gasteiger partial charge in [0.05, 0.1) is 6.10 Å². The number of hydrogen-bond donors (Lipinski definition) is 2. The van der Waals surface area contributed by atoms with Crippen LogP contribution in [0.2, 0.25) is 0 Å². The fraction of sp³-hybridized carbons (Fsp3) is 1.00. The first kappa shape index (κ1) is 12.3. The van der Waals surface area contributed by atoms with Crippen LogP contribution in [0.4, 0.5) is 0 Å². The van der Waals surface area contributed by atoms with E-state index in [2.05, 4.69) is 12.4 Å². The number of rotatable bonds is 3. The maximum Gasteiger partial charge on any atom is 0.0540 e. The minimum atomic E-state index is -0.0385. The van der Waals surface area contributed by atoms with Gasteiger partial charge in [0.15, 0.2) is 0 Å². The summed E-state index contributed by atoms with van der Waals surface area (Å²) in [7, 11) is 2.09. The highest BCUT2D eigenvalue weighted by Gasteiger charge is 2.32. The van der Waals surface area contributed by atoms with E-state index < -0.39 is 0 Å². The predicted octanol–water partition coefficient (Wildman–Crippen LogP) is 1.55. The largest absolute Gasteiger partial charge is 0.393 e. The minimum absolute atomic E-state index is 0.0385. The lowest BCUT2D eigenvalue weighted by Gasteiger charge is -2.38. The lowest BCUT2D eigenvalue weighted by Crippen LogP contribution is -2.44.